The molecule has 3 unspecified atom stereocenters. The van der Waals surface area contributed by atoms with Crippen molar-refractivity contribution in [3.8, 4) is 0 Å². The molecule has 2 rings (SSSR count). The second-order valence-electron chi connectivity index (χ2n) is 6.30. The molecule has 0 aliphatic heterocycles. The maximum absolute atomic E-state index is 13.6. The zero-order valence-electron chi connectivity index (χ0n) is 13.1. The van der Waals surface area contributed by atoms with Crippen molar-refractivity contribution in [1.29, 1.82) is 0 Å². The average molecular weight is 294 g/mol. The minimum atomic E-state index is -0.225. The van der Waals surface area contributed by atoms with Gasteiger partial charge in [0.2, 0.25) is 0 Å². The number of benzene rings is 1. The quantitative estimate of drug-likeness (QED) is 0.878. The summed E-state index contributed by atoms with van der Waals surface area (Å²) in [5, 5.41) is 10.1. The summed E-state index contributed by atoms with van der Waals surface area (Å²) >= 11 is 0. The number of rotatable bonds is 5. The van der Waals surface area contributed by atoms with Crippen molar-refractivity contribution >= 4 is 0 Å². The van der Waals surface area contributed by atoms with Crippen molar-refractivity contribution < 1.29 is 9.50 Å². The summed E-state index contributed by atoms with van der Waals surface area (Å²) in [5.41, 5.74) is 7.66. The third kappa shape index (κ3) is 4.25. The summed E-state index contributed by atoms with van der Waals surface area (Å²) in [6.45, 7) is 2.57. The largest absolute Gasteiger partial charge is 0.391 e. The molecule has 0 aromatic heterocycles. The van der Waals surface area contributed by atoms with Gasteiger partial charge in [-0.1, -0.05) is 25.0 Å². The highest BCUT2D eigenvalue weighted by Crippen LogP contribution is 2.24. The highest BCUT2D eigenvalue weighted by molar-refractivity contribution is 5.25. The third-order valence-corrected chi connectivity index (χ3v) is 4.68. The molecule has 0 saturated heterocycles. The predicted molar refractivity (Wildman–Crippen MR) is 83.6 cm³/mol. The third-order valence-electron chi connectivity index (χ3n) is 4.68. The average Bonchev–Trinajstić information content (AvgIpc) is 2.47. The number of aliphatic hydroxyl groups is 1. The first kappa shape index (κ1) is 16.4. The first-order valence-electron chi connectivity index (χ1n) is 7.89. The van der Waals surface area contributed by atoms with E-state index in [9.17, 15) is 9.50 Å². The lowest BCUT2D eigenvalue weighted by Gasteiger charge is -2.35. The Morgan fingerprint density at radius 1 is 1.38 bits per heavy atom. The molecule has 21 heavy (non-hydrogen) atoms. The lowest BCUT2D eigenvalue weighted by atomic mass is 9.91. The second kappa shape index (κ2) is 7.34. The monoisotopic (exact) mass is 294 g/mol. The van der Waals surface area contributed by atoms with Crippen molar-refractivity contribution in [1.82, 2.24) is 4.90 Å². The smallest absolute Gasteiger partial charge is 0.126 e. The standard InChI is InChI=1S/C17H27FN2O/c1-12-7-8-13(11-14(12)18)15(19)9-10-20(2)16-5-3-4-6-17(16)21/h7-8,11,15-17,21H,3-6,9-10,19H2,1-2H3. The van der Waals surface area contributed by atoms with Crippen LogP contribution in [0.3, 0.4) is 0 Å². The zero-order valence-corrected chi connectivity index (χ0v) is 13.1. The number of likely N-dealkylation sites (N-methyl/N-ethyl adjacent to an activating group) is 1. The van der Waals surface area contributed by atoms with Gasteiger partial charge in [0.25, 0.3) is 0 Å². The van der Waals surface area contributed by atoms with Gasteiger partial charge in [0.05, 0.1) is 6.10 Å². The summed E-state index contributed by atoms with van der Waals surface area (Å²) in [4.78, 5) is 2.20. The molecule has 0 radical (unpaired) electrons. The van der Waals surface area contributed by atoms with Crippen LogP contribution in [0.15, 0.2) is 18.2 Å². The summed E-state index contributed by atoms with van der Waals surface area (Å²) in [6, 6.07) is 5.29. The van der Waals surface area contributed by atoms with Gasteiger partial charge in [-0.15, -0.1) is 0 Å². The SMILES string of the molecule is Cc1ccc(C(N)CCN(C)C2CCCCC2O)cc1F. The van der Waals surface area contributed by atoms with Crippen molar-refractivity contribution in [2.75, 3.05) is 13.6 Å². The van der Waals surface area contributed by atoms with Crippen LogP contribution < -0.4 is 5.73 Å². The lowest BCUT2D eigenvalue weighted by molar-refractivity contribution is 0.0311. The van der Waals surface area contributed by atoms with E-state index in [2.05, 4.69) is 4.90 Å². The van der Waals surface area contributed by atoms with Crippen molar-refractivity contribution in [3.63, 3.8) is 0 Å². The molecule has 3 N–H and O–H groups in total. The molecule has 0 bridgehead atoms. The Bertz CT molecular complexity index is 466. The summed E-state index contributed by atoms with van der Waals surface area (Å²) in [6.07, 6.45) is 4.78. The van der Waals surface area contributed by atoms with Gasteiger partial charge in [0.15, 0.2) is 0 Å². The van der Waals surface area contributed by atoms with E-state index in [4.69, 9.17) is 5.73 Å². The molecule has 0 amide bonds. The minimum Gasteiger partial charge on any atom is -0.391 e. The molecule has 0 spiro atoms. The van der Waals surface area contributed by atoms with Gasteiger partial charge < -0.3 is 15.7 Å². The van der Waals surface area contributed by atoms with Crippen molar-refractivity contribution in [3.05, 3.63) is 35.1 Å². The second-order valence-corrected chi connectivity index (χ2v) is 6.30. The highest BCUT2D eigenvalue weighted by atomic mass is 19.1. The number of hydrogen-bond acceptors (Lipinski definition) is 3. The van der Waals surface area contributed by atoms with Gasteiger partial charge in [-0.2, -0.15) is 0 Å². The molecule has 1 aliphatic carbocycles. The number of aryl methyl sites for hydroxylation is 1. The molecular weight excluding hydrogens is 267 g/mol. The molecular formula is C17H27FN2O. The van der Waals surface area contributed by atoms with Crippen LogP contribution in [0.25, 0.3) is 0 Å². The molecule has 1 aromatic rings. The Morgan fingerprint density at radius 3 is 2.76 bits per heavy atom. The minimum absolute atomic E-state index is 0.164. The van der Waals surface area contributed by atoms with E-state index in [1.54, 1.807) is 13.0 Å². The molecule has 0 heterocycles. The van der Waals surface area contributed by atoms with Crippen LogP contribution in [0, 0.1) is 12.7 Å². The fourth-order valence-electron chi connectivity index (χ4n) is 3.12. The van der Waals surface area contributed by atoms with Crippen LogP contribution in [0.2, 0.25) is 0 Å². The fraction of sp³-hybridized carbons (Fsp3) is 0.647. The zero-order chi connectivity index (χ0) is 15.4. The van der Waals surface area contributed by atoms with Crippen LogP contribution >= 0.6 is 0 Å². The van der Waals surface area contributed by atoms with Crippen LogP contribution in [0.1, 0.15) is 49.3 Å². The van der Waals surface area contributed by atoms with Crippen molar-refractivity contribution in [2.45, 2.75) is 57.2 Å². The van der Waals surface area contributed by atoms with Crippen LogP contribution in [0.4, 0.5) is 4.39 Å². The number of halogens is 1. The van der Waals surface area contributed by atoms with Crippen LogP contribution in [0.5, 0.6) is 0 Å². The Balaban J connectivity index is 1.87. The molecule has 1 aliphatic rings. The Kier molecular flexibility index (Phi) is 5.73. The van der Waals surface area contributed by atoms with E-state index in [1.807, 2.05) is 13.1 Å². The predicted octanol–water partition coefficient (Wildman–Crippen LogP) is 2.76. The summed E-state index contributed by atoms with van der Waals surface area (Å²) < 4.78 is 13.6. The van der Waals surface area contributed by atoms with Crippen LogP contribution in [-0.4, -0.2) is 35.7 Å². The van der Waals surface area contributed by atoms with E-state index >= 15 is 0 Å². The maximum Gasteiger partial charge on any atom is 0.126 e. The molecule has 118 valence electrons. The van der Waals surface area contributed by atoms with Crippen LogP contribution in [-0.2, 0) is 0 Å². The molecule has 3 nitrogen and oxygen atoms in total. The molecule has 3 atom stereocenters. The first-order chi connectivity index (χ1) is 9.99. The van der Waals surface area contributed by atoms with Gasteiger partial charge in [-0.25, -0.2) is 4.39 Å². The highest BCUT2D eigenvalue weighted by Gasteiger charge is 2.26. The van der Waals surface area contributed by atoms with Gasteiger partial charge in [0.1, 0.15) is 5.82 Å². The topological polar surface area (TPSA) is 49.5 Å². The first-order valence-corrected chi connectivity index (χ1v) is 7.89. The van der Waals surface area contributed by atoms with Gasteiger partial charge in [0, 0.05) is 18.6 Å². The van der Waals surface area contributed by atoms with Gasteiger partial charge in [-0.3, -0.25) is 0 Å². The molecule has 1 aromatic carbocycles. The molecule has 4 heteroatoms. The van der Waals surface area contributed by atoms with E-state index < -0.39 is 0 Å². The normalized spacial score (nSPS) is 24.3. The summed E-state index contributed by atoms with van der Waals surface area (Å²) in [7, 11) is 2.04. The number of nitrogens with zero attached hydrogens (tertiary/aromatic N) is 1. The summed E-state index contributed by atoms with van der Waals surface area (Å²) in [5.74, 6) is -0.195. The fourth-order valence-corrected chi connectivity index (χ4v) is 3.12. The molecule has 1 fully saturated rings. The van der Waals surface area contributed by atoms with E-state index in [0.29, 0.717) is 5.56 Å². The Hall–Kier alpha value is -0.970. The Morgan fingerprint density at radius 2 is 2.10 bits per heavy atom. The lowest BCUT2D eigenvalue weighted by Crippen LogP contribution is -2.44. The number of nitrogens with two attached hydrogens (primary N) is 1. The Labute approximate surface area is 126 Å². The van der Waals surface area contributed by atoms with E-state index in [1.165, 1.54) is 12.5 Å². The van der Waals surface area contributed by atoms with Gasteiger partial charge >= 0.3 is 0 Å². The number of hydrogen-bond donors (Lipinski definition) is 2. The molecule has 1 saturated carbocycles. The van der Waals surface area contributed by atoms with E-state index in [-0.39, 0.29) is 24.0 Å². The van der Waals surface area contributed by atoms with Gasteiger partial charge in [-0.05, 0) is 50.4 Å². The number of aliphatic hydroxyl groups excluding tert-OH is 1. The maximum atomic E-state index is 13.6. The van der Waals surface area contributed by atoms with Crippen molar-refractivity contribution in [2.24, 2.45) is 5.73 Å². The van der Waals surface area contributed by atoms with E-state index in [0.717, 1.165) is 37.8 Å².